The highest BCUT2D eigenvalue weighted by Gasteiger charge is 2.33. The fourth-order valence-electron chi connectivity index (χ4n) is 5.42. The van der Waals surface area contributed by atoms with Crippen molar-refractivity contribution in [3.05, 3.63) is 59.4 Å². The lowest BCUT2D eigenvalue weighted by Crippen LogP contribution is -2.40. The Balaban J connectivity index is 1.26. The Labute approximate surface area is 270 Å². The molecule has 0 saturated carbocycles. The van der Waals surface area contributed by atoms with Crippen LogP contribution in [-0.4, -0.2) is 85.8 Å². The predicted molar refractivity (Wildman–Crippen MR) is 164 cm³/mol. The van der Waals surface area contributed by atoms with Gasteiger partial charge in [0.15, 0.2) is 5.82 Å². The molecular weight excluding hydrogens is 619 g/mol. The molecule has 0 radical (unpaired) electrons. The summed E-state index contributed by atoms with van der Waals surface area (Å²) in [5.74, 6) is -0.589. The molecule has 2 amide bonds. The number of fused-ring (bicyclic) bond motifs is 1. The summed E-state index contributed by atoms with van der Waals surface area (Å²) in [5.41, 5.74) is 0.786. The summed E-state index contributed by atoms with van der Waals surface area (Å²) in [6.07, 6.45) is 0.857. The minimum Gasteiger partial charge on any atom is -0.490 e. The summed E-state index contributed by atoms with van der Waals surface area (Å²) in [6, 6.07) is 4.54. The number of aromatic nitrogens is 4. The van der Waals surface area contributed by atoms with E-state index >= 15 is 0 Å². The third-order valence-electron chi connectivity index (χ3n) is 7.65. The molecule has 15 heteroatoms. The van der Waals surface area contributed by atoms with Crippen LogP contribution in [0.25, 0.3) is 0 Å². The minimum atomic E-state index is -2.77. The lowest BCUT2D eigenvalue weighted by Gasteiger charge is -2.33. The van der Waals surface area contributed by atoms with Gasteiger partial charge in [-0.15, -0.1) is 10.2 Å². The van der Waals surface area contributed by atoms with E-state index in [1.54, 1.807) is 31.0 Å². The molecule has 0 N–H and O–H groups in total. The van der Waals surface area contributed by atoms with E-state index in [0.29, 0.717) is 50.6 Å². The van der Waals surface area contributed by atoms with E-state index in [9.17, 15) is 22.8 Å². The Kier molecular flexibility index (Phi) is 10.0. The number of pyridine rings is 1. The predicted octanol–water partition coefficient (Wildman–Crippen LogP) is 5.61. The Bertz CT molecular complexity index is 1600. The fraction of sp³-hybridized carbons (Fsp3) is 0.500. The van der Waals surface area contributed by atoms with Gasteiger partial charge >= 0.3 is 6.09 Å². The van der Waals surface area contributed by atoms with Gasteiger partial charge in [0.05, 0.1) is 30.9 Å². The van der Waals surface area contributed by atoms with E-state index in [0.717, 1.165) is 28.3 Å². The SMILES string of the molecule is CC(C)N(CC(F)F)C(=O)c1cc(F)ccc1Oc1nncnc1N1CCC(Oc2ccnc3c2CN(C(=O)OC(C)(C)C)C3)CC1. The number of piperidine rings is 1. The number of hydrogen-bond acceptors (Lipinski definition) is 10. The van der Waals surface area contributed by atoms with Gasteiger partial charge in [0, 0.05) is 43.7 Å². The van der Waals surface area contributed by atoms with E-state index in [1.165, 1.54) is 12.4 Å². The number of amides is 2. The van der Waals surface area contributed by atoms with Crippen molar-refractivity contribution in [1.29, 1.82) is 0 Å². The van der Waals surface area contributed by atoms with E-state index in [-0.39, 0.29) is 23.3 Å². The summed E-state index contributed by atoms with van der Waals surface area (Å²) in [5, 5.41) is 7.90. The molecule has 2 aliphatic rings. The number of carbonyl (C=O) groups is 2. The van der Waals surface area contributed by atoms with Gasteiger partial charge in [0.2, 0.25) is 0 Å². The number of anilines is 1. The molecule has 2 aliphatic heterocycles. The summed E-state index contributed by atoms with van der Waals surface area (Å²) in [4.78, 5) is 39.2. The van der Waals surface area contributed by atoms with Crippen molar-refractivity contribution in [2.45, 2.75) is 84.7 Å². The first kappa shape index (κ1) is 33.7. The van der Waals surface area contributed by atoms with Gasteiger partial charge in [-0.3, -0.25) is 14.7 Å². The molecule has 47 heavy (non-hydrogen) atoms. The van der Waals surface area contributed by atoms with Crippen molar-refractivity contribution in [2.75, 3.05) is 24.5 Å². The molecule has 0 bridgehead atoms. The maximum atomic E-state index is 14.3. The molecule has 0 aliphatic carbocycles. The molecule has 252 valence electrons. The van der Waals surface area contributed by atoms with E-state index < -0.39 is 42.4 Å². The molecule has 1 fully saturated rings. The van der Waals surface area contributed by atoms with Crippen molar-refractivity contribution in [1.82, 2.24) is 30.0 Å². The topological polar surface area (TPSA) is 123 Å². The zero-order valence-electron chi connectivity index (χ0n) is 27.0. The van der Waals surface area contributed by atoms with Crippen LogP contribution in [0.5, 0.6) is 17.4 Å². The van der Waals surface area contributed by atoms with Crippen LogP contribution in [0.3, 0.4) is 0 Å². The van der Waals surface area contributed by atoms with Gasteiger partial charge < -0.3 is 24.0 Å². The first-order valence-corrected chi connectivity index (χ1v) is 15.4. The monoisotopic (exact) mass is 657 g/mol. The first-order valence-electron chi connectivity index (χ1n) is 15.4. The smallest absolute Gasteiger partial charge is 0.410 e. The fourth-order valence-corrected chi connectivity index (χ4v) is 5.42. The van der Waals surface area contributed by atoms with Gasteiger partial charge in [-0.25, -0.2) is 22.9 Å². The molecule has 5 rings (SSSR count). The Morgan fingerprint density at radius 1 is 1.06 bits per heavy atom. The lowest BCUT2D eigenvalue weighted by atomic mass is 10.1. The molecule has 0 atom stereocenters. The third kappa shape index (κ3) is 8.19. The number of carbonyl (C=O) groups excluding carboxylic acids is 2. The van der Waals surface area contributed by atoms with Crippen molar-refractivity contribution in [2.24, 2.45) is 0 Å². The quantitative estimate of drug-likeness (QED) is 0.287. The summed E-state index contributed by atoms with van der Waals surface area (Å²) < 4.78 is 58.7. The molecular formula is C32H38F3N7O5. The Hall–Kier alpha value is -4.69. The van der Waals surface area contributed by atoms with Crippen LogP contribution in [0.15, 0.2) is 36.8 Å². The van der Waals surface area contributed by atoms with Gasteiger partial charge in [0.1, 0.15) is 35.3 Å². The summed E-state index contributed by atoms with van der Waals surface area (Å²) >= 11 is 0. The van der Waals surface area contributed by atoms with Gasteiger partial charge in [-0.05, 0) is 58.9 Å². The number of hydrogen-bond donors (Lipinski definition) is 0. The second-order valence-electron chi connectivity index (χ2n) is 12.6. The maximum absolute atomic E-state index is 14.3. The second-order valence-corrected chi connectivity index (χ2v) is 12.6. The molecule has 1 aromatic carbocycles. The average Bonchev–Trinajstić information content (AvgIpc) is 3.46. The van der Waals surface area contributed by atoms with Crippen molar-refractivity contribution in [3.8, 4) is 17.4 Å². The number of alkyl halides is 2. The molecule has 3 aromatic rings. The first-order chi connectivity index (χ1) is 22.3. The maximum Gasteiger partial charge on any atom is 0.410 e. The molecule has 2 aromatic heterocycles. The summed E-state index contributed by atoms with van der Waals surface area (Å²) in [7, 11) is 0. The standard InChI is InChI=1S/C32H38F3N7O5/c1-19(2)42(17-27(34)35)30(43)22-14-20(33)6-7-25(22)46-29-28(37-18-38-39-29)40-12-9-21(10-13-40)45-26-8-11-36-24-16-41(15-23(24)26)31(44)47-32(3,4)5/h6-8,11,14,18-19,21,27H,9-10,12-13,15-17H2,1-5H3. The molecule has 1 saturated heterocycles. The van der Waals surface area contributed by atoms with Crippen molar-refractivity contribution >= 4 is 17.8 Å². The number of nitrogens with zero attached hydrogens (tertiary/aromatic N) is 7. The molecule has 0 unspecified atom stereocenters. The third-order valence-corrected chi connectivity index (χ3v) is 7.65. The average molecular weight is 658 g/mol. The Morgan fingerprint density at radius 3 is 2.49 bits per heavy atom. The van der Waals surface area contributed by atoms with Crippen LogP contribution in [0.1, 0.15) is 69.1 Å². The number of halogens is 3. The van der Waals surface area contributed by atoms with Crippen molar-refractivity contribution in [3.63, 3.8) is 0 Å². The van der Waals surface area contributed by atoms with Crippen LogP contribution in [0.4, 0.5) is 23.8 Å². The lowest BCUT2D eigenvalue weighted by molar-refractivity contribution is 0.0239. The van der Waals surface area contributed by atoms with Gasteiger partial charge in [-0.2, -0.15) is 0 Å². The molecule has 0 spiro atoms. The van der Waals surface area contributed by atoms with E-state index in [2.05, 4.69) is 20.2 Å². The number of rotatable bonds is 9. The second kappa shape index (κ2) is 14.0. The molecule has 4 heterocycles. The normalized spacial score (nSPS) is 15.2. The zero-order valence-corrected chi connectivity index (χ0v) is 27.0. The number of ether oxygens (including phenoxy) is 3. The largest absolute Gasteiger partial charge is 0.490 e. The minimum absolute atomic E-state index is 0.0216. The summed E-state index contributed by atoms with van der Waals surface area (Å²) in [6.45, 7) is 9.55. The molecule has 12 nitrogen and oxygen atoms in total. The van der Waals surface area contributed by atoms with Crippen LogP contribution in [0.2, 0.25) is 0 Å². The van der Waals surface area contributed by atoms with Crippen molar-refractivity contribution < 1.29 is 37.0 Å². The van der Waals surface area contributed by atoms with Crippen LogP contribution < -0.4 is 14.4 Å². The van der Waals surface area contributed by atoms with Crippen LogP contribution in [0, 0.1) is 5.82 Å². The van der Waals surface area contributed by atoms with E-state index in [1.807, 2.05) is 25.7 Å². The van der Waals surface area contributed by atoms with E-state index in [4.69, 9.17) is 14.2 Å². The van der Waals surface area contributed by atoms with Gasteiger partial charge in [0.25, 0.3) is 18.2 Å². The van der Waals surface area contributed by atoms with Crippen LogP contribution in [-0.2, 0) is 17.8 Å². The highest BCUT2D eigenvalue weighted by molar-refractivity contribution is 5.97. The number of benzene rings is 1. The van der Waals surface area contributed by atoms with Gasteiger partial charge in [-0.1, -0.05) is 0 Å². The Morgan fingerprint density at radius 2 is 1.81 bits per heavy atom. The zero-order chi connectivity index (χ0) is 33.9. The highest BCUT2D eigenvalue weighted by atomic mass is 19.3. The highest BCUT2D eigenvalue weighted by Crippen LogP contribution is 2.35. The van der Waals surface area contributed by atoms with Crippen LogP contribution >= 0.6 is 0 Å².